The van der Waals surface area contributed by atoms with Crippen molar-refractivity contribution < 1.29 is 9.53 Å². The predicted molar refractivity (Wildman–Crippen MR) is 62.3 cm³/mol. The Balaban J connectivity index is 2.31. The van der Waals surface area contributed by atoms with E-state index in [1.165, 1.54) is 12.7 Å². The number of ether oxygens (including phenoxy) is 1. The minimum Gasteiger partial charge on any atom is -0.464 e. The Hall–Kier alpha value is -2.03. The number of hydrogen-bond acceptors (Lipinski definition) is 2. The maximum Gasteiger partial charge on any atom is 0.354 e. The van der Waals surface area contributed by atoms with Crippen LogP contribution in [-0.4, -0.2) is 18.1 Å². The van der Waals surface area contributed by atoms with Crippen LogP contribution in [0.3, 0.4) is 0 Å². The zero-order valence-electron chi connectivity index (χ0n) is 9.28. The SMILES string of the molecule is COC(=O)c1cc(-c2ccc(C)cc2)c[nH]1. The Morgan fingerprint density at radius 2 is 1.88 bits per heavy atom. The first-order valence-electron chi connectivity index (χ1n) is 5.04. The minimum absolute atomic E-state index is 0.349. The van der Waals surface area contributed by atoms with E-state index in [-0.39, 0.29) is 5.97 Å². The smallest absolute Gasteiger partial charge is 0.354 e. The summed E-state index contributed by atoms with van der Waals surface area (Å²) in [7, 11) is 1.37. The number of esters is 1. The van der Waals surface area contributed by atoms with Gasteiger partial charge in [0.15, 0.2) is 0 Å². The number of nitrogens with one attached hydrogen (secondary N) is 1. The molecule has 2 aromatic rings. The molecule has 0 saturated heterocycles. The lowest BCUT2D eigenvalue weighted by Crippen LogP contribution is -2.00. The van der Waals surface area contributed by atoms with E-state index in [1.807, 2.05) is 31.2 Å². The Bertz CT molecular complexity index is 497. The number of benzene rings is 1. The summed E-state index contributed by atoms with van der Waals surface area (Å²) in [5, 5.41) is 0. The van der Waals surface area contributed by atoms with E-state index in [9.17, 15) is 4.79 Å². The lowest BCUT2D eigenvalue weighted by Gasteiger charge is -1.97. The number of hydrogen-bond donors (Lipinski definition) is 1. The van der Waals surface area contributed by atoms with Crippen molar-refractivity contribution in [3.8, 4) is 11.1 Å². The van der Waals surface area contributed by atoms with Gasteiger partial charge in [-0.1, -0.05) is 29.8 Å². The van der Waals surface area contributed by atoms with Crippen LogP contribution in [0.4, 0.5) is 0 Å². The summed E-state index contributed by atoms with van der Waals surface area (Å²) < 4.78 is 4.63. The molecule has 3 nitrogen and oxygen atoms in total. The topological polar surface area (TPSA) is 42.1 Å². The molecule has 16 heavy (non-hydrogen) atoms. The predicted octanol–water partition coefficient (Wildman–Crippen LogP) is 2.78. The molecular formula is C13H13NO2. The molecule has 1 N–H and O–H groups in total. The highest BCUT2D eigenvalue weighted by Gasteiger charge is 2.08. The summed E-state index contributed by atoms with van der Waals surface area (Å²) in [5.41, 5.74) is 3.75. The molecule has 0 spiro atoms. The molecule has 0 aliphatic rings. The van der Waals surface area contributed by atoms with Crippen LogP contribution in [0.2, 0.25) is 0 Å². The monoisotopic (exact) mass is 215 g/mol. The molecule has 1 aromatic heterocycles. The third-order valence-corrected chi connectivity index (χ3v) is 2.47. The standard InChI is InChI=1S/C13H13NO2/c1-9-3-5-10(6-4-9)11-7-12(14-8-11)13(15)16-2/h3-8,14H,1-2H3. The second kappa shape index (κ2) is 4.23. The molecule has 0 radical (unpaired) electrons. The molecule has 0 unspecified atom stereocenters. The summed E-state index contributed by atoms with van der Waals surface area (Å²) in [4.78, 5) is 14.2. The van der Waals surface area contributed by atoms with Gasteiger partial charge in [-0.2, -0.15) is 0 Å². The molecular weight excluding hydrogens is 202 g/mol. The highest BCUT2D eigenvalue weighted by atomic mass is 16.5. The van der Waals surface area contributed by atoms with Crippen LogP contribution < -0.4 is 0 Å². The highest BCUT2D eigenvalue weighted by Crippen LogP contribution is 2.20. The molecule has 0 saturated carbocycles. The summed E-state index contributed by atoms with van der Waals surface area (Å²) >= 11 is 0. The van der Waals surface area contributed by atoms with Crippen LogP contribution in [0.25, 0.3) is 11.1 Å². The van der Waals surface area contributed by atoms with E-state index in [4.69, 9.17) is 0 Å². The summed E-state index contributed by atoms with van der Waals surface area (Å²) in [5.74, 6) is -0.349. The fourth-order valence-corrected chi connectivity index (χ4v) is 1.53. The Labute approximate surface area is 94.1 Å². The zero-order valence-corrected chi connectivity index (χ0v) is 9.28. The number of aryl methyl sites for hydroxylation is 1. The van der Waals surface area contributed by atoms with Gasteiger partial charge in [-0.05, 0) is 24.1 Å². The van der Waals surface area contributed by atoms with E-state index in [0.717, 1.165) is 11.1 Å². The molecule has 2 rings (SSSR count). The Morgan fingerprint density at radius 3 is 2.50 bits per heavy atom. The van der Waals surface area contributed by atoms with Crippen molar-refractivity contribution in [2.45, 2.75) is 6.92 Å². The lowest BCUT2D eigenvalue weighted by atomic mass is 10.1. The quantitative estimate of drug-likeness (QED) is 0.783. The lowest BCUT2D eigenvalue weighted by molar-refractivity contribution is 0.0595. The van der Waals surface area contributed by atoms with Crippen molar-refractivity contribution in [2.24, 2.45) is 0 Å². The van der Waals surface area contributed by atoms with Gasteiger partial charge in [0.2, 0.25) is 0 Å². The van der Waals surface area contributed by atoms with Crippen LogP contribution in [0.1, 0.15) is 16.1 Å². The van der Waals surface area contributed by atoms with Gasteiger partial charge in [0, 0.05) is 6.20 Å². The van der Waals surface area contributed by atoms with Gasteiger partial charge >= 0.3 is 5.97 Å². The third kappa shape index (κ3) is 1.98. The number of carbonyl (C=O) groups excluding carboxylic acids is 1. The van der Waals surface area contributed by atoms with E-state index in [0.29, 0.717) is 5.69 Å². The number of aromatic amines is 1. The number of carbonyl (C=O) groups is 1. The molecule has 0 fully saturated rings. The Morgan fingerprint density at radius 1 is 1.19 bits per heavy atom. The first-order chi connectivity index (χ1) is 7.70. The molecule has 0 atom stereocenters. The van der Waals surface area contributed by atoms with Gasteiger partial charge in [-0.3, -0.25) is 0 Å². The van der Waals surface area contributed by atoms with Crippen molar-refractivity contribution in [2.75, 3.05) is 7.11 Å². The second-order valence-electron chi connectivity index (χ2n) is 3.66. The van der Waals surface area contributed by atoms with Gasteiger partial charge in [-0.15, -0.1) is 0 Å². The molecule has 0 amide bonds. The molecule has 3 heteroatoms. The van der Waals surface area contributed by atoms with Crippen LogP contribution >= 0.6 is 0 Å². The second-order valence-corrected chi connectivity index (χ2v) is 3.66. The number of H-pyrrole nitrogens is 1. The van der Waals surface area contributed by atoms with Crippen LogP contribution in [-0.2, 0) is 4.74 Å². The fourth-order valence-electron chi connectivity index (χ4n) is 1.53. The molecule has 0 aliphatic heterocycles. The first-order valence-corrected chi connectivity index (χ1v) is 5.04. The zero-order chi connectivity index (χ0) is 11.5. The van der Waals surface area contributed by atoms with Crippen molar-refractivity contribution in [1.29, 1.82) is 0 Å². The molecule has 1 aromatic carbocycles. The molecule has 1 heterocycles. The number of methoxy groups -OCH3 is 1. The van der Waals surface area contributed by atoms with Gasteiger partial charge in [0.25, 0.3) is 0 Å². The van der Waals surface area contributed by atoms with Crippen molar-refractivity contribution in [1.82, 2.24) is 4.98 Å². The van der Waals surface area contributed by atoms with E-state index in [1.54, 1.807) is 12.3 Å². The van der Waals surface area contributed by atoms with Gasteiger partial charge in [-0.25, -0.2) is 4.79 Å². The molecule has 0 aliphatic carbocycles. The summed E-state index contributed by atoms with van der Waals surface area (Å²) in [6.07, 6.45) is 1.80. The number of rotatable bonds is 2. The van der Waals surface area contributed by atoms with Crippen molar-refractivity contribution in [3.63, 3.8) is 0 Å². The molecule has 82 valence electrons. The first kappa shape index (κ1) is 10.5. The normalized spacial score (nSPS) is 10.1. The highest BCUT2D eigenvalue weighted by molar-refractivity contribution is 5.89. The van der Waals surface area contributed by atoms with Gasteiger partial charge in [0.05, 0.1) is 7.11 Å². The average Bonchev–Trinajstić information content (AvgIpc) is 2.78. The summed E-state index contributed by atoms with van der Waals surface area (Å²) in [6.45, 7) is 2.04. The largest absolute Gasteiger partial charge is 0.464 e. The fraction of sp³-hybridized carbons (Fsp3) is 0.154. The average molecular weight is 215 g/mol. The third-order valence-electron chi connectivity index (χ3n) is 2.47. The molecule has 0 bridgehead atoms. The van der Waals surface area contributed by atoms with Crippen LogP contribution in [0.15, 0.2) is 36.5 Å². The Kier molecular flexibility index (Phi) is 2.77. The van der Waals surface area contributed by atoms with E-state index >= 15 is 0 Å². The van der Waals surface area contributed by atoms with Crippen molar-refractivity contribution in [3.05, 3.63) is 47.8 Å². The summed E-state index contributed by atoms with van der Waals surface area (Å²) in [6, 6.07) is 9.93. The van der Waals surface area contributed by atoms with E-state index < -0.39 is 0 Å². The maximum atomic E-state index is 11.3. The minimum atomic E-state index is -0.349. The van der Waals surface area contributed by atoms with Gasteiger partial charge in [0.1, 0.15) is 5.69 Å². The van der Waals surface area contributed by atoms with Crippen LogP contribution in [0, 0.1) is 6.92 Å². The van der Waals surface area contributed by atoms with Crippen LogP contribution in [0.5, 0.6) is 0 Å². The maximum absolute atomic E-state index is 11.3. The number of aromatic nitrogens is 1. The van der Waals surface area contributed by atoms with Gasteiger partial charge < -0.3 is 9.72 Å². The van der Waals surface area contributed by atoms with Crippen molar-refractivity contribution >= 4 is 5.97 Å². The van der Waals surface area contributed by atoms with E-state index in [2.05, 4.69) is 9.72 Å².